The van der Waals surface area contributed by atoms with E-state index in [1.165, 1.54) is 5.70 Å². The van der Waals surface area contributed by atoms with Crippen molar-refractivity contribution < 1.29 is 14.3 Å². The molecule has 0 bridgehead atoms. The van der Waals surface area contributed by atoms with Crippen LogP contribution >= 0.6 is 0 Å². The molecular formula is C30H30N4O3. The lowest BCUT2D eigenvalue weighted by molar-refractivity contribution is -0.111. The molecule has 37 heavy (non-hydrogen) atoms. The number of carbonyl (C=O) groups excluding carboxylic acids is 1. The van der Waals surface area contributed by atoms with Crippen LogP contribution in [-0.2, 0) is 4.79 Å². The molecule has 7 heteroatoms. The SMILES string of the molecule is COc1ccc(OC2CCN(C3=C4C(=C[C@@H]5CC35)C(=O)C3=C4NC(N)N=C3c3ccccc3)CC2)cc1. The molecule has 2 aliphatic heterocycles. The number of hydrogen-bond acceptors (Lipinski definition) is 7. The first-order valence-corrected chi connectivity index (χ1v) is 13.1. The number of allylic oxidation sites excluding steroid dienone is 4. The summed E-state index contributed by atoms with van der Waals surface area (Å²) in [6.07, 6.45) is 4.74. The Morgan fingerprint density at radius 1 is 1.00 bits per heavy atom. The number of ketones is 1. The van der Waals surface area contributed by atoms with Gasteiger partial charge in [-0.25, -0.2) is 4.99 Å². The summed E-state index contributed by atoms with van der Waals surface area (Å²) in [6.45, 7) is 1.80. The number of likely N-dealkylation sites (tertiary alicyclic amines) is 1. The molecule has 7 nitrogen and oxygen atoms in total. The van der Waals surface area contributed by atoms with Crippen molar-refractivity contribution in [2.75, 3.05) is 20.2 Å². The third-order valence-electron chi connectivity index (χ3n) is 8.06. The van der Waals surface area contributed by atoms with E-state index in [1.54, 1.807) is 7.11 Å². The second kappa shape index (κ2) is 8.63. The number of carbonyl (C=O) groups is 1. The maximum Gasteiger partial charge on any atom is 0.197 e. The Bertz CT molecular complexity index is 1380. The molecule has 3 N–H and O–H groups in total. The topological polar surface area (TPSA) is 89.2 Å². The van der Waals surface area contributed by atoms with Crippen LogP contribution < -0.4 is 20.5 Å². The number of nitrogens with one attached hydrogen (secondary N) is 1. The summed E-state index contributed by atoms with van der Waals surface area (Å²) >= 11 is 0. The van der Waals surface area contributed by atoms with Gasteiger partial charge in [0.1, 0.15) is 17.6 Å². The number of Topliss-reactive ketones (excluding diaryl/α,β-unsaturated/α-hetero) is 1. The molecule has 1 saturated heterocycles. The molecule has 3 aliphatic carbocycles. The molecule has 5 aliphatic rings. The normalized spacial score (nSPS) is 26.6. The number of ether oxygens (including phenoxy) is 2. The van der Waals surface area contributed by atoms with Crippen LogP contribution in [0.25, 0.3) is 0 Å². The molecule has 2 aromatic carbocycles. The van der Waals surface area contributed by atoms with Crippen LogP contribution in [0.5, 0.6) is 11.5 Å². The second-order valence-corrected chi connectivity index (χ2v) is 10.3. The molecule has 2 unspecified atom stereocenters. The van der Waals surface area contributed by atoms with Crippen molar-refractivity contribution in [2.24, 2.45) is 22.6 Å². The highest BCUT2D eigenvalue weighted by Gasteiger charge is 2.51. The Hall–Kier alpha value is -3.84. The van der Waals surface area contributed by atoms with Gasteiger partial charge in [0.25, 0.3) is 0 Å². The number of nitrogens with zero attached hydrogens (tertiary/aromatic N) is 2. The molecule has 2 heterocycles. The minimum absolute atomic E-state index is 0.0626. The Morgan fingerprint density at radius 3 is 2.46 bits per heavy atom. The summed E-state index contributed by atoms with van der Waals surface area (Å²) in [4.78, 5) is 20.9. The summed E-state index contributed by atoms with van der Waals surface area (Å²) < 4.78 is 11.5. The molecule has 188 valence electrons. The number of nitrogens with two attached hydrogens (primary N) is 1. The van der Waals surface area contributed by atoms with Gasteiger partial charge in [-0.1, -0.05) is 36.4 Å². The van der Waals surface area contributed by atoms with Crippen molar-refractivity contribution in [3.05, 3.63) is 94.4 Å². The standard InChI is InChI=1S/C30H30N4O3/c1-36-19-7-9-20(10-8-19)37-21-11-13-34(14-12-21)28-22-15-18(22)16-23-24(28)27-25(29(23)35)26(32-30(31)33-27)17-5-3-2-4-6-17/h2-10,16,18,21-22,30,33H,11-15,31H2,1H3/t18-,22?,30?/m0/s1. The maximum absolute atomic E-state index is 13.8. The Labute approximate surface area is 216 Å². The van der Waals surface area contributed by atoms with E-state index in [9.17, 15) is 4.79 Å². The van der Waals surface area contributed by atoms with Crippen molar-refractivity contribution in [2.45, 2.75) is 31.7 Å². The predicted octanol–water partition coefficient (Wildman–Crippen LogP) is 3.54. The molecule has 7 rings (SSSR count). The Kier molecular flexibility index (Phi) is 5.22. The fourth-order valence-electron chi connectivity index (χ4n) is 6.18. The largest absolute Gasteiger partial charge is 0.497 e. The predicted molar refractivity (Wildman–Crippen MR) is 141 cm³/mol. The number of hydrogen-bond donors (Lipinski definition) is 2. The fourth-order valence-corrected chi connectivity index (χ4v) is 6.18. The van der Waals surface area contributed by atoms with Crippen LogP contribution in [-0.4, -0.2) is 49.0 Å². The molecule has 2 aromatic rings. The first kappa shape index (κ1) is 22.4. The van der Waals surface area contributed by atoms with E-state index >= 15 is 0 Å². The summed E-state index contributed by atoms with van der Waals surface area (Å²) in [5.74, 6) is 2.67. The lowest BCUT2D eigenvalue weighted by atomic mass is 9.93. The monoisotopic (exact) mass is 494 g/mol. The second-order valence-electron chi connectivity index (χ2n) is 10.3. The average molecular weight is 495 g/mol. The lowest BCUT2D eigenvalue weighted by Crippen LogP contribution is -2.42. The van der Waals surface area contributed by atoms with Crippen LogP contribution in [0, 0.1) is 11.8 Å². The maximum atomic E-state index is 13.8. The number of fused-ring (bicyclic) bond motifs is 3. The van der Waals surface area contributed by atoms with Crippen molar-refractivity contribution in [3.63, 3.8) is 0 Å². The van der Waals surface area contributed by atoms with Gasteiger partial charge in [0.2, 0.25) is 0 Å². The van der Waals surface area contributed by atoms with Gasteiger partial charge in [-0.15, -0.1) is 0 Å². The molecule has 1 saturated carbocycles. The van der Waals surface area contributed by atoms with E-state index in [2.05, 4.69) is 21.3 Å². The van der Waals surface area contributed by atoms with Gasteiger partial charge in [0.05, 0.1) is 24.1 Å². The van der Waals surface area contributed by atoms with Crippen LogP contribution in [0.2, 0.25) is 0 Å². The van der Waals surface area contributed by atoms with Crippen LogP contribution in [0.15, 0.2) is 93.8 Å². The zero-order valence-corrected chi connectivity index (χ0v) is 20.8. The number of aliphatic imine (C=N–C) groups is 1. The highest BCUT2D eigenvalue weighted by atomic mass is 16.5. The van der Waals surface area contributed by atoms with Gasteiger partial charge in [0, 0.05) is 54.3 Å². The summed E-state index contributed by atoms with van der Waals surface area (Å²) in [5, 5.41) is 3.36. The summed E-state index contributed by atoms with van der Waals surface area (Å²) in [6, 6.07) is 17.7. The van der Waals surface area contributed by atoms with Gasteiger partial charge < -0.3 is 19.7 Å². The number of rotatable bonds is 5. The quantitative estimate of drug-likeness (QED) is 0.661. The Balaban J connectivity index is 1.18. The number of piperidine rings is 1. The smallest absolute Gasteiger partial charge is 0.197 e. The molecular weight excluding hydrogens is 464 g/mol. The minimum Gasteiger partial charge on any atom is -0.497 e. The van der Waals surface area contributed by atoms with E-state index in [4.69, 9.17) is 15.2 Å². The third kappa shape index (κ3) is 3.76. The van der Waals surface area contributed by atoms with Crippen molar-refractivity contribution >= 4 is 11.5 Å². The summed E-state index contributed by atoms with van der Waals surface area (Å²) in [7, 11) is 1.67. The van der Waals surface area contributed by atoms with Crippen molar-refractivity contribution in [1.82, 2.24) is 10.2 Å². The number of benzene rings is 2. The fraction of sp³-hybridized carbons (Fsp3) is 0.333. The molecule has 0 amide bonds. The first-order valence-electron chi connectivity index (χ1n) is 13.1. The summed E-state index contributed by atoms with van der Waals surface area (Å²) in [5.41, 5.74) is 12.6. The van der Waals surface area contributed by atoms with Gasteiger partial charge in [-0.05, 0) is 36.6 Å². The highest BCUT2D eigenvalue weighted by molar-refractivity contribution is 6.37. The van der Waals surface area contributed by atoms with Gasteiger partial charge in [-0.3, -0.25) is 10.5 Å². The van der Waals surface area contributed by atoms with Crippen molar-refractivity contribution in [1.29, 1.82) is 0 Å². The molecule has 2 fully saturated rings. The molecule has 0 aromatic heterocycles. The van der Waals surface area contributed by atoms with Crippen molar-refractivity contribution in [3.8, 4) is 11.5 Å². The van der Waals surface area contributed by atoms with Crippen LogP contribution in [0.1, 0.15) is 24.8 Å². The molecule has 0 radical (unpaired) electrons. The highest BCUT2D eigenvalue weighted by Crippen LogP contribution is 2.56. The minimum atomic E-state index is -0.588. The van der Waals surface area contributed by atoms with E-state index < -0.39 is 6.29 Å². The van der Waals surface area contributed by atoms with Crippen LogP contribution in [0.3, 0.4) is 0 Å². The van der Waals surface area contributed by atoms with E-state index in [0.717, 1.165) is 66.3 Å². The lowest BCUT2D eigenvalue weighted by Gasteiger charge is -2.38. The zero-order valence-electron chi connectivity index (χ0n) is 20.8. The number of methoxy groups -OCH3 is 1. The van der Waals surface area contributed by atoms with Crippen LogP contribution in [0.4, 0.5) is 0 Å². The van der Waals surface area contributed by atoms with E-state index in [1.807, 2.05) is 54.6 Å². The average Bonchev–Trinajstić information content (AvgIpc) is 3.66. The van der Waals surface area contributed by atoms with Gasteiger partial charge in [-0.2, -0.15) is 0 Å². The zero-order chi connectivity index (χ0) is 25.1. The van der Waals surface area contributed by atoms with Gasteiger partial charge >= 0.3 is 0 Å². The first-order chi connectivity index (χ1) is 18.1. The molecule has 0 spiro atoms. The Morgan fingerprint density at radius 2 is 1.73 bits per heavy atom. The third-order valence-corrected chi connectivity index (χ3v) is 8.06. The molecule has 3 atom stereocenters. The van der Waals surface area contributed by atoms with Gasteiger partial charge in [0.15, 0.2) is 12.1 Å². The van der Waals surface area contributed by atoms with E-state index in [0.29, 0.717) is 23.1 Å². The van der Waals surface area contributed by atoms with E-state index in [-0.39, 0.29) is 11.9 Å².